The van der Waals surface area contributed by atoms with Crippen LogP contribution in [0.25, 0.3) is 0 Å². The maximum atomic E-state index is 9.74. The molecule has 5 unspecified atom stereocenters. The van der Waals surface area contributed by atoms with Crippen LogP contribution in [-0.4, -0.2) is 70.1 Å². The van der Waals surface area contributed by atoms with Gasteiger partial charge in [0, 0.05) is 6.61 Å². The van der Waals surface area contributed by atoms with Gasteiger partial charge in [-0.3, -0.25) is 0 Å². The Hall–Kier alpha value is 0.110. The number of hydrogen-bond donors (Lipinski definition) is 5. The summed E-state index contributed by atoms with van der Waals surface area (Å²) in [7, 11) is 0. The van der Waals surface area contributed by atoms with Crippen LogP contribution in [0.4, 0.5) is 0 Å². The normalized spacial score (nSPS) is 34.4. The van der Waals surface area contributed by atoms with E-state index in [4.69, 9.17) is 14.6 Å². The zero-order valence-corrected chi connectivity index (χ0v) is 12.5. The average molecular weight is 310 g/mol. The molecular weight excluding hydrogens is 284 g/mol. The lowest BCUT2D eigenvalue weighted by Crippen LogP contribution is -2.59. The number of aliphatic hydroxyl groups excluding tert-OH is 4. The zero-order chi connectivity index (χ0) is 15.0. The van der Waals surface area contributed by atoms with Crippen LogP contribution in [0.15, 0.2) is 0 Å². The maximum absolute atomic E-state index is 9.74. The third kappa shape index (κ3) is 5.48. The van der Waals surface area contributed by atoms with E-state index >= 15 is 0 Å². The molecule has 0 aliphatic carbocycles. The second-order valence-electron chi connectivity index (χ2n) is 5.06. The third-order valence-electron chi connectivity index (χ3n) is 3.43. The smallest absolute Gasteiger partial charge is 0.186 e. The Labute approximate surface area is 125 Å². The van der Waals surface area contributed by atoms with E-state index in [1.807, 2.05) is 0 Å². The van der Waals surface area contributed by atoms with Crippen LogP contribution in [0.1, 0.15) is 32.1 Å². The van der Waals surface area contributed by atoms with Crippen LogP contribution in [0.2, 0.25) is 0 Å². The highest BCUT2D eigenvalue weighted by atomic mass is 32.1. The molecule has 5 atom stereocenters. The van der Waals surface area contributed by atoms with Crippen LogP contribution in [0, 0.1) is 0 Å². The first-order chi connectivity index (χ1) is 9.61. The number of hydrogen-bond acceptors (Lipinski definition) is 7. The molecule has 1 heterocycles. The van der Waals surface area contributed by atoms with Crippen molar-refractivity contribution in [1.82, 2.24) is 0 Å². The van der Waals surface area contributed by atoms with Gasteiger partial charge in [0.25, 0.3) is 0 Å². The first-order valence-electron chi connectivity index (χ1n) is 7.14. The average Bonchev–Trinajstić information content (AvgIpc) is 2.46. The minimum absolute atomic E-state index is 0.406. The molecule has 0 radical (unpaired) electrons. The van der Waals surface area contributed by atoms with Crippen molar-refractivity contribution in [3.05, 3.63) is 0 Å². The molecule has 0 saturated carbocycles. The molecule has 0 spiro atoms. The van der Waals surface area contributed by atoms with Gasteiger partial charge in [-0.05, 0) is 18.6 Å². The Balaban J connectivity index is 2.21. The van der Waals surface area contributed by atoms with E-state index in [0.29, 0.717) is 6.61 Å². The summed E-state index contributed by atoms with van der Waals surface area (Å²) in [5.74, 6) is 0.904. The van der Waals surface area contributed by atoms with Crippen molar-refractivity contribution < 1.29 is 29.9 Å². The van der Waals surface area contributed by atoms with E-state index in [1.165, 1.54) is 0 Å². The number of unbranched alkanes of at least 4 members (excludes halogenated alkanes) is 4. The van der Waals surface area contributed by atoms with E-state index in [2.05, 4.69) is 12.6 Å². The molecule has 4 N–H and O–H groups in total. The van der Waals surface area contributed by atoms with Crippen molar-refractivity contribution in [1.29, 1.82) is 0 Å². The van der Waals surface area contributed by atoms with E-state index in [1.54, 1.807) is 0 Å². The van der Waals surface area contributed by atoms with Crippen LogP contribution in [-0.2, 0) is 9.47 Å². The van der Waals surface area contributed by atoms with E-state index in [9.17, 15) is 15.3 Å². The van der Waals surface area contributed by atoms with E-state index in [0.717, 1.165) is 37.9 Å². The molecular formula is C13H26O6S. The second-order valence-corrected chi connectivity index (χ2v) is 5.51. The van der Waals surface area contributed by atoms with Crippen LogP contribution >= 0.6 is 12.6 Å². The van der Waals surface area contributed by atoms with Gasteiger partial charge in [0.2, 0.25) is 0 Å². The lowest BCUT2D eigenvalue weighted by Gasteiger charge is -2.39. The minimum atomic E-state index is -1.37. The first-order valence-corrected chi connectivity index (χ1v) is 7.78. The van der Waals surface area contributed by atoms with Crippen molar-refractivity contribution in [2.75, 3.05) is 19.0 Å². The van der Waals surface area contributed by atoms with Crippen LogP contribution < -0.4 is 0 Å². The SMILES string of the molecule is OCC1OC(OCCCCCCCS)C(O)C(O)C1O. The molecule has 1 rings (SSSR count). The molecule has 0 amide bonds. The molecule has 0 aromatic rings. The molecule has 0 aromatic heterocycles. The predicted molar refractivity (Wildman–Crippen MR) is 76.7 cm³/mol. The van der Waals surface area contributed by atoms with E-state index < -0.39 is 37.3 Å². The zero-order valence-electron chi connectivity index (χ0n) is 11.6. The number of rotatable bonds is 9. The summed E-state index contributed by atoms with van der Waals surface area (Å²) in [5.41, 5.74) is 0. The standard InChI is InChI=1S/C13H26O6S/c14-8-9-10(15)11(16)12(17)13(19-9)18-6-4-2-1-3-5-7-20/h9-17,20H,1-8H2. The molecule has 0 bridgehead atoms. The topological polar surface area (TPSA) is 99.4 Å². The van der Waals surface area contributed by atoms with Crippen molar-refractivity contribution in [2.24, 2.45) is 0 Å². The lowest BCUT2D eigenvalue weighted by atomic mass is 9.99. The second kappa shape index (κ2) is 9.94. The van der Waals surface area contributed by atoms with Crippen molar-refractivity contribution in [3.63, 3.8) is 0 Å². The summed E-state index contributed by atoms with van der Waals surface area (Å²) in [5, 5.41) is 38.0. The van der Waals surface area contributed by atoms with Crippen molar-refractivity contribution >= 4 is 12.6 Å². The summed E-state index contributed by atoms with van der Waals surface area (Å²) < 4.78 is 10.6. The maximum Gasteiger partial charge on any atom is 0.186 e. The van der Waals surface area contributed by atoms with Gasteiger partial charge < -0.3 is 29.9 Å². The highest BCUT2D eigenvalue weighted by Crippen LogP contribution is 2.22. The molecule has 7 heteroatoms. The fourth-order valence-electron chi connectivity index (χ4n) is 2.15. The Morgan fingerprint density at radius 3 is 2.20 bits per heavy atom. The van der Waals surface area contributed by atoms with Crippen molar-refractivity contribution in [3.8, 4) is 0 Å². The van der Waals surface area contributed by atoms with Gasteiger partial charge in [-0.1, -0.05) is 19.3 Å². The summed E-state index contributed by atoms with van der Waals surface area (Å²) >= 11 is 4.14. The number of ether oxygens (including phenoxy) is 2. The molecule has 120 valence electrons. The van der Waals surface area contributed by atoms with Gasteiger partial charge in [0.05, 0.1) is 6.61 Å². The highest BCUT2D eigenvalue weighted by Gasteiger charge is 2.43. The summed E-state index contributed by atoms with van der Waals surface area (Å²) in [6.45, 7) is -0.0297. The number of aliphatic hydroxyl groups is 4. The van der Waals surface area contributed by atoms with Gasteiger partial charge in [-0.15, -0.1) is 0 Å². The Bertz CT molecular complexity index is 253. The minimum Gasteiger partial charge on any atom is -0.394 e. The molecule has 1 saturated heterocycles. The quantitative estimate of drug-likeness (QED) is 0.296. The molecule has 1 aliphatic heterocycles. The number of thiol groups is 1. The Morgan fingerprint density at radius 2 is 1.55 bits per heavy atom. The predicted octanol–water partition coefficient (Wildman–Crippen LogP) is -0.317. The van der Waals surface area contributed by atoms with E-state index in [-0.39, 0.29) is 0 Å². The summed E-state index contributed by atoms with van der Waals surface area (Å²) in [6.07, 6.45) is -0.725. The van der Waals surface area contributed by atoms with Gasteiger partial charge >= 0.3 is 0 Å². The van der Waals surface area contributed by atoms with Gasteiger partial charge in [-0.25, -0.2) is 0 Å². The van der Waals surface area contributed by atoms with Crippen molar-refractivity contribution in [2.45, 2.75) is 62.8 Å². The molecule has 0 aromatic carbocycles. The Kier molecular flexibility index (Phi) is 9.03. The Morgan fingerprint density at radius 1 is 0.900 bits per heavy atom. The fraction of sp³-hybridized carbons (Fsp3) is 1.00. The van der Waals surface area contributed by atoms with Crippen LogP contribution in [0.3, 0.4) is 0 Å². The van der Waals surface area contributed by atoms with Gasteiger partial charge in [0.1, 0.15) is 24.4 Å². The van der Waals surface area contributed by atoms with Crippen LogP contribution in [0.5, 0.6) is 0 Å². The fourth-order valence-corrected chi connectivity index (χ4v) is 2.37. The van der Waals surface area contributed by atoms with Gasteiger partial charge in [0.15, 0.2) is 6.29 Å². The van der Waals surface area contributed by atoms with Gasteiger partial charge in [-0.2, -0.15) is 12.6 Å². The summed E-state index contributed by atoms with van der Waals surface area (Å²) in [4.78, 5) is 0. The lowest BCUT2D eigenvalue weighted by molar-refractivity contribution is -0.301. The molecule has 20 heavy (non-hydrogen) atoms. The molecule has 6 nitrogen and oxygen atoms in total. The highest BCUT2D eigenvalue weighted by molar-refractivity contribution is 7.80. The summed E-state index contributed by atoms with van der Waals surface area (Å²) in [6, 6.07) is 0. The molecule has 1 fully saturated rings. The monoisotopic (exact) mass is 310 g/mol. The first kappa shape index (κ1) is 18.2. The molecule has 1 aliphatic rings. The largest absolute Gasteiger partial charge is 0.394 e. The third-order valence-corrected chi connectivity index (χ3v) is 3.75.